The molecular formula is C15H13F3N4. The molecule has 0 fully saturated rings. The average molecular weight is 306 g/mol. The van der Waals surface area contributed by atoms with Gasteiger partial charge in [0.1, 0.15) is 17.7 Å². The van der Waals surface area contributed by atoms with Crippen LogP contribution in [0, 0.1) is 5.82 Å². The lowest BCUT2D eigenvalue weighted by Crippen LogP contribution is -2.19. The Morgan fingerprint density at radius 3 is 2.55 bits per heavy atom. The van der Waals surface area contributed by atoms with Gasteiger partial charge in [0, 0.05) is 19.0 Å². The van der Waals surface area contributed by atoms with Crippen molar-refractivity contribution in [3.8, 4) is 11.4 Å². The van der Waals surface area contributed by atoms with Crippen molar-refractivity contribution in [2.45, 2.75) is 25.2 Å². The molecule has 0 radical (unpaired) electrons. The number of halogens is 3. The first kappa shape index (κ1) is 14.5. The fraction of sp³-hybridized carbons (Fsp3) is 0.267. The molecule has 2 aromatic heterocycles. The minimum atomic E-state index is -2.69. The number of hydrogen-bond acceptors (Lipinski definition) is 4. The highest BCUT2D eigenvalue weighted by Gasteiger charge is 2.32. The Balaban J connectivity index is 2.04. The zero-order chi connectivity index (χ0) is 15.7. The van der Waals surface area contributed by atoms with Gasteiger partial charge >= 0.3 is 0 Å². The van der Waals surface area contributed by atoms with Crippen molar-refractivity contribution in [1.82, 2.24) is 15.0 Å². The second kappa shape index (κ2) is 5.40. The van der Waals surface area contributed by atoms with E-state index in [0.717, 1.165) is 0 Å². The van der Waals surface area contributed by atoms with E-state index in [4.69, 9.17) is 5.73 Å². The first-order valence-corrected chi connectivity index (χ1v) is 6.76. The van der Waals surface area contributed by atoms with Crippen molar-refractivity contribution >= 4 is 11.3 Å². The number of allylic oxidation sites excluding steroid dienone is 2. The largest absolute Gasteiger partial charge is 0.395 e. The molecule has 0 aromatic carbocycles. The van der Waals surface area contributed by atoms with Crippen molar-refractivity contribution in [2.75, 3.05) is 5.73 Å². The lowest BCUT2D eigenvalue weighted by atomic mass is 9.93. The Labute approximate surface area is 124 Å². The molecule has 0 aliphatic heterocycles. The van der Waals surface area contributed by atoms with Gasteiger partial charge in [-0.15, -0.1) is 0 Å². The summed E-state index contributed by atoms with van der Waals surface area (Å²) in [4.78, 5) is 12.0. The summed E-state index contributed by atoms with van der Waals surface area (Å²) in [5.41, 5.74) is 7.35. The van der Waals surface area contributed by atoms with E-state index in [2.05, 4.69) is 15.0 Å². The third-order valence-corrected chi connectivity index (χ3v) is 3.58. The molecule has 0 atom stereocenters. The maximum absolute atomic E-state index is 13.8. The topological polar surface area (TPSA) is 64.7 Å². The summed E-state index contributed by atoms with van der Waals surface area (Å²) >= 11 is 0. The monoisotopic (exact) mass is 306 g/mol. The van der Waals surface area contributed by atoms with E-state index < -0.39 is 11.7 Å². The van der Waals surface area contributed by atoms with Crippen LogP contribution in [0.4, 0.5) is 18.9 Å². The van der Waals surface area contributed by atoms with E-state index >= 15 is 0 Å². The first-order valence-electron chi connectivity index (χ1n) is 6.76. The van der Waals surface area contributed by atoms with Crippen LogP contribution in [0.1, 0.15) is 25.0 Å². The summed E-state index contributed by atoms with van der Waals surface area (Å²) in [7, 11) is 0. The van der Waals surface area contributed by atoms with Crippen LogP contribution in [-0.4, -0.2) is 20.9 Å². The summed E-state index contributed by atoms with van der Waals surface area (Å²) < 4.78 is 40.3. The van der Waals surface area contributed by atoms with Gasteiger partial charge in [0.05, 0.1) is 11.4 Å². The van der Waals surface area contributed by atoms with Crippen LogP contribution < -0.4 is 5.73 Å². The van der Waals surface area contributed by atoms with Crippen LogP contribution in [0.5, 0.6) is 0 Å². The minimum Gasteiger partial charge on any atom is -0.395 e. The molecule has 1 aliphatic carbocycles. The van der Waals surface area contributed by atoms with Crippen molar-refractivity contribution in [2.24, 2.45) is 0 Å². The van der Waals surface area contributed by atoms with Crippen LogP contribution in [0.15, 0.2) is 30.7 Å². The second-order valence-corrected chi connectivity index (χ2v) is 5.11. The van der Waals surface area contributed by atoms with E-state index in [0.29, 0.717) is 11.3 Å². The molecule has 0 saturated carbocycles. The van der Waals surface area contributed by atoms with Crippen LogP contribution >= 0.6 is 0 Å². The highest BCUT2D eigenvalue weighted by molar-refractivity contribution is 5.81. The summed E-state index contributed by atoms with van der Waals surface area (Å²) in [6.07, 6.45) is 3.66. The van der Waals surface area contributed by atoms with Crippen molar-refractivity contribution in [1.29, 1.82) is 0 Å². The number of rotatable bonds is 2. The predicted molar refractivity (Wildman–Crippen MR) is 76.4 cm³/mol. The van der Waals surface area contributed by atoms with Gasteiger partial charge in [0.25, 0.3) is 5.92 Å². The van der Waals surface area contributed by atoms with Crippen LogP contribution in [0.3, 0.4) is 0 Å². The molecule has 0 spiro atoms. The van der Waals surface area contributed by atoms with Gasteiger partial charge in [-0.25, -0.2) is 23.1 Å². The summed E-state index contributed by atoms with van der Waals surface area (Å²) in [5.74, 6) is -3.25. The summed E-state index contributed by atoms with van der Waals surface area (Å²) in [5, 5.41) is 0. The van der Waals surface area contributed by atoms with Crippen LogP contribution in [0.25, 0.3) is 17.0 Å². The SMILES string of the molecule is Nc1c(C2=CCC(F)(F)CC2)ncnc1-c1ncccc1F. The molecular weight excluding hydrogens is 293 g/mol. The molecule has 0 saturated heterocycles. The van der Waals surface area contributed by atoms with Gasteiger partial charge < -0.3 is 5.73 Å². The molecule has 2 N–H and O–H groups in total. The number of hydrogen-bond donors (Lipinski definition) is 1. The molecule has 0 amide bonds. The number of nitrogens with two attached hydrogens (primary N) is 1. The predicted octanol–water partition coefficient (Wildman–Crippen LogP) is 3.46. The second-order valence-electron chi connectivity index (χ2n) is 5.11. The van der Waals surface area contributed by atoms with Gasteiger partial charge in [-0.3, -0.25) is 4.98 Å². The molecule has 0 unspecified atom stereocenters. The Hall–Kier alpha value is -2.44. The van der Waals surface area contributed by atoms with Crippen LogP contribution in [0.2, 0.25) is 0 Å². The van der Waals surface area contributed by atoms with Crippen molar-refractivity contribution in [3.63, 3.8) is 0 Å². The Kier molecular flexibility index (Phi) is 3.56. The van der Waals surface area contributed by atoms with E-state index in [1.165, 1.54) is 30.7 Å². The Morgan fingerprint density at radius 2 is 1.86 bits per heavy atom. The first-order chi connectivity index (χ1) is 10.5. The van der Waals surface area contributed by atoms with Gasteiger partial charge in [0.2, 0.25) is 0 Å². The quantitative estimate of drug-likeness (QED) is 0.922. The number of pyridine rings is 1. The minimum absolute atomic E-state index is 0.0189. The number of alkyl halides is 2. The zero-order valence-corrected chi connectivity index (χ0v) is 11.6. The van der Waals surface area contributed by atoms with Gasteiger partial charge in [-0.05, 0) is 24.1 Å². The number of nitrogens with zero attached hydrogens (tertiary/aromatic N) is 3. The summed E-state index contributed by atoms with van der Waals surface area (Å²) in [6.45, 7) is 0. The van der Waals surface area contributed by atoms with E-state index in [1.54, 1.807) is 0 Å². The van der Waals surface area contributed by atoms with Crippen molar-refractivity contribution < 1.29 is 13.2 Å². The van der Waals surface area contributed by atoms with Gasteiger partial charge in [-0.1, -0.05) is 6.08 Å². The molecule has 0 bridgehead atoms. The average Bonchev–Trinajstić information content (AvgIpc) is 2.49. The lowest BCUT2D eigenvalue weighted by molar-refractivity contribution is -0.00605. The van der Waals surface area contributed by atoms with E-state index in [9.17, 15) is 13.2 Å². The van der Waals surface area contributed by atoms with Gasteiger partial charge in [0.15, 0.2) is 5.82 Å². The Bertz CT molecular complexity index is 743. The zero-order valence-electron chi connectivity index (χ0n) is 11.6. The standard InChI is InChI=1S/C15H13F3N4/c16-10-2-1-7-20-13(10)14-11(19)12(21-8-22-14)9-3-5-15(17,18)6-4-9/h1-3,7-8H,4-6,19H2. The molecule has 1 aliphatic rings. The molecule has 2 heterocycles. The smallest absolute Gasteiger partial charge is 0.251 e. The maximum Gasteiger partial charge on any atom is 0.251 e. The fourth-order valence-corrected chi connectivity index (χ4v) is 2.41. The van der Waals surface area contributed by atoms with E-state index in [-0.39, 0.29) is 36.3 Å². The molecule has 114 valence electrons. The maximum atomic E-state index is 13.8. The highest BCUT2D eigenvalue weighted by Crippen LogP contribution is 2.38. The molecule has 7 heteroatoms. The third-order valence-electron chi connectivity index (χ3n) is 3.58. The molecule has 2 aromatic rings. The number of aromatic nitrogens is 3. The van der Waals surface area contributed by atoms with E-state index in [1.807, 2.05) is 0 Å². The fourth-order valence-electron chi connectivity index (χ4n) is 2.41. The number of anilines is 1. The van der Waals surface area contributed by atoms with Crippen molar-refractivity contribution in [3.05, 3.63) is 42.2 Å². The van der Waals surface area contributed by atoms with Gasteiger partial charge in [-0.2, -0.15) is 0 Å². The summed E-state index contributed by atoms with van der Waals surface area (Å²) in [6, 6.07) is 2.72. The third kappa shape index (κ3) is 2.66. The lowest BCUT2D eigenvalue weighted by Gasteiger charge is -2.22. The molecule has 3 rings (SSSR count). The van der Waals surface area contributed by atoms with Crippen LogP contribution in [-0.2, 0) is 0 Å². The Morgan fingerprint density at radius 1 is 1.09 bits per heavy atom. The normalized spacial score (nSPS) is 17.1. The molecule has 4 nitrogen and oxygen atoms in total. The molecule has 22 heavy (non-hydrogen) atoms. The highest BCUT2D eigenvalue weighted by atomic mass is 19.3. The number of nitrogen functional groups attached to an aromatic ring is 1.